The summed E-state index contributed by atoms with van der Waals surface area (Å²) in [7, 11) is 0. The van der Waals surface area contributed by atoms with Crippen molar-refractivity contribution in [1.29, 1.82) is 0 Å². The molecular weight excluding hydrogens is 265 g/mol. The molecule has 1 fully saturated rings. The molecule has 1 aliphatic heterocycles. The fourth-order valence-electron chi connectivity index (χ4n) is 1.95. The van der Waals surface area contributed by atoms with Gasteiger partial charge in [-0.15, -0.1) is 11.8 Å². The zero-order valence-electron chi connectivity index (χ0n) is 10.9. The quantitative estimate of drug-likeness (QED) is 0.844. The van der Waals surface area contributed by atoms with Crippen LogP contribution >= 0.6 is 11.8 Å². The van der Waals surface area contributed by atoms with E-state index in [0.717, 1.165) is 19.4 Å². The van der Waals surface area contributed by atoms with Crippen molar-refractivity contribution in [2.45, 2.75) is 36.0 Å². The Labute approximate surface area is 116 Å². The maximum Gasteiger partial charge on any atom is 0.233 e. The van der Waals surface area contributed by atoms with Crippen molar-refractivity contribution in [3.8, 4) is 0 Å². The standard InChI is InChI=1S/C14H18FNO2S/c1-10(19-13-7-3-2-6-12(13)15)14(17)16-9-11-5-4-8-18-11/h2-3,6-7,10-11H,4-5,8-9H2,1H3,(H,16,17). The minimum absolute atomic E-state index is 0.0799. The van der Waals surface area contributed by atoms with Gasteiger partial charge in [0.1, 0.15) is 5.82 Å². The molecule has 1 amide bonds. The third kappa shape index (κ3) is 4.21. The summed E-state index contributed by atoms with van der Waals surface area (Å²) in [5.41, 5.74) is 0. The molecule has 2 atom stereocenters. The lowest BCUT2D eigenvalue weighted by molar-refractivity contribution is -0.120. The number of hydrogen-bond donors (Lipinski definition) is 1. The van der Waals surface area contributed by atoms with E-state index in [1.54, 1.807) is 25.1 Å². The van der Waals surface area contributed by atoms with Crippen molar-refractivity contribution in [1.82, 2.24) is 5.32 Å². The molecule has 1 aliphatic rings. The van der Waals surface area contributed by atoms with Crippen LogP contribution in [0.4, 0.5) is 4.39 Å². The number of rotatable bonds is 5. The van der Waals surface area contributed by atoms with Crippen LogP contribution in [0.1, 0.15) is 19.8 Å². The van der Waals surface area contributed by atoms with Crippen molar-refractivity contribution in [3.63, 3.8) is 0 Å². The molecule has 104 valence electrons. The highest BCUT2D eigenvalue weighted by Gasteiger charge is 2.19. The minimum atomic E-state index is -0.321. The maximum absolute atomic E-state index is 13.5. The third-order valence-corrected chi connectivity index (χ3v) is 4.19. The molecule has 0 bridgehead atoms. The Bertz CT molecular complexity index is 435. The highest BCUT2D eigenvalue weighted by molar-refractivity contribution is 8.00. The summed E-state index contributed by atoms with van der Waals surface area (Å²) in [6.45, 7) is 3.10. The zero-order chi connectivity index (χ0) is 13.7. The average Bonchev–Trinajstić information content (AvgIpc) is 2.91. The first-order valence-corrected chi connectivity index (χ1v) is 7.35. The molecule has 1 heterocycles. The number of nitrogens with one attached hydrogen (secondary N) is 1. The number of thioether (sulfide) groups is 1. The summed E-state index contributed by atoms with van der Waals surface area (Å²) in [5, 5.41) is 2.54. The SMILES string of the molecule is CC(Sc1ccccc1F)C(=O)NCC1CCCO1. The first-order valence-electron chi connectivity index (χ1n) is 6.47. The second kappa shape index (κ2) is 6.91. The normalized spacial score (nSPS) is 20.2. The molecule has 1 aromatic carbocycles. The van der Waals surface area contributed by atoms with Crippen molar-refractivity contribution >= 4 is 17.7 Å². The predicted molar refractivity (Wildman–Crippen MR) is 73.7 cm³/mol. The van der Waals surface area contributed by atoms with Gasteiger partial charge in [-0.3, -0.25) is 4.79 Å². The van der Waals surface area contributed by atoms with E-state index in [4.69, 9.17) is 4.74 Å². The monoisotopic (exact) mass is 283 g/mol. The number of benzene rings is 1. The molecule has 1 aromatic rings. The van der Waals surface area contributed by atoms with Crippen LogP contribution in [0.2, 0.25) is 0 Å². The molecule has 5 heteroatoms. The van der Waals surface area contributed by atoms with Gasteiger partial charge < -0.3 is 10.1 Å². The van der Waals surface area contributed by atoms with Gasteiger partial charge in [0, 0.05) is 18.0 Å². The third-order valence-electron chi connectivity index (χ3n) is 3.04. The number of carbonyl (C=O) groups excluding carboxylic acids is 1. The first kappa shape index (κ1) is 14.3. The van der Waals surface area contributed by atoms with Gasteiger partial charge in [-0.25, -0.2) is 4.39 Å². The second-order valence-corrected chi connectivity index (χ2v) is 5.95. The van der Waals surface area contributed by atoms with Gasteiger partial charge in [-0.05, 0) is 31.9 Å². The van der Waals surface area contributed by atoms with E-state index in [1.807, 2.05) is 0 Å². The number of amides is 1. The van der Waals surface area contributed by atoms with Crippen LogP contribution in [0.3, 0.4) is 0 Å². The van der Waals surface area contributed by atoms with Crippen LogP contribution in [-0.2, 0) is 9.53 Å². The lowest BCUT2D eigenvalue weighted by atomic mass is 10.2. The fourth-order valence-corrected chi connectivity index (χ4v) is 2.86. The van der Waals surface area contributed by atoms with Gasteiger partial charge >= 0.3 is 0 Å². The number of hydrogen-bond acceptors (Lipinski definition) is 3. The van der Waals surface area contributed by atoms with Crippen LogP contribution < -0.4 is 5.32 Å². The summed E-state index contributed by atoms with van der Waals surface area (Å²) in [5.74, 6) is -0.366. The molecule has 2 unspecified atom stereocenters. The first-order chi connectivity index (χ1) is 9.16. The summed E-state index contributed by atoms with van der Waals surface area (Å²) in [4.78, 5) is 12.4. The summed E-state index contributed by atoms with van der Waals surface area (Å²) >= 11 is 1.23. The smallest absolute Gasteiger partial charge is 0.233 e. The van der Waals surface area contributed by atoms with Crippen LogP contribution in [0, 0.1) is 5.82 Å². The Morgan fingerprint density at radius 1 is 1.58 bits per heavy atom. The Kier molecular flexibility index (Phi) is 5.22. The highest BCUT2D eigenvalue weighted by atomic mass is 32.2. The molecule has 0 aliphatic carbocycles. The molecule has 0 spiro atoms. The van der Waals surface area contributed by atoms with E-state index in [0.29, 0.717) is 11.4 Å². The molecule has 0 radical (unpaired) electrons. The fraction of sp³-hybridized carbons (Fsp3) is 0.500. The lowest BCUT2D eigenvalue weighted by Gasteiger charge is -2.15. The van der Waals surface area contributed by atoms with Crippen LogP contribution in [-0.4, -0.2) is 30.4 Å². The number of carbonyl (C=O) groups is 1. The minimum Gasteiger partial charge on any atom is -0.376 e. The van der Waals surface area contributed by atoms with Crippen LogP contribution in [0.15, 0.2) is 29.2 Å². The number of halogens is 1. The maximum atomic E-state index is 13.5. The molecule has 2 rings (SSSR count). The topological polar surface area (TPSA) is 38.3 Å². The van der Waals surface area contributed by atoms with Crippen molar-refractivity contribution < 1.29 is 13.9 Å². The van der Waals surface area contributed by atoms with Crippen molar-refractivity contribution in [2.75, 3.05) is 13.2 Å². The van der Waals surface area contributed by atoms with Crippen LogP contribution in [0.25, 0.3) is 0 Å². The van der Waals surface area contributed by atoms with Gasteiger partial charge in [0.2, 0.25) is 5.91 Å². The highest BCUT2D eigenvalue weighted by Crippen LogP contribution is 2.25. The summed E-state index contributed by atoms with van der Waals surface area (Å²) in [6, 6.07) is 6.49. The van der Waals surface area contributed by atoms with Gasteiger partial charge in [-0.1, -0.05) is 12.1 Å². The summed E-state index contributed by atoms with van der Waals surface area (Å²) in [6.07, 6.45) is 2.18. The molecule has 0 saturated carbocycles. The predicted octanol–water partition coefficient (Wildman–Crippen LogP) is 2.60. The average molecular weight is 283 g/mol. The van der Waals surface area contributed by atoms with E-state index in [1.165, 1.54) is 17.8 Å². The van der Waals surface area contributed by atoms with Gasteiger partial charge in [0.15, 0.2) is 0 Å². The Balaban J connectivity index is 1.80. The van der Waals surface area contributed by atoms with E-state index in [-0.39, 0.29) is 23.1 Å². The van der Waals surface area contributed by atoms with E-state index in [9.17, 15) is 9.18 Å². The van der Waals surface area contributed by atoms with Gasteiger partial charge in [-0.2, -0.15) is 0 Å². The second-order valence-electron chi connectivity index (χ2n) is 4.57. The Hall–Kier alpha value is -1.07. The van der Waals surface area contributed by atoms with Crippen molar-refractivity contribution in [2.24, 2.45) is 0 Å². The molecule has 3 nitrogen and oxygen atoms in total. The molecule has 0 aromatic heterocycles. The Morgan fingerprint density at radius 3 is 3.05 bits per heavy atom. The molecular formula is C14H18FNO2S. The van der Waals surface area contributed by atoms with E-state index >= 15 is 0 Å². The van der Waals surface area contributed by atoms with E-state index in [2.05, 4.69) is 5.32 Å². The lowest BCUT2D eigenvalue weighted by Crippen LogP contribution is -2.36. The molecule has 1 saturated heterocycles. The number of ether oxygens (including phenoxy) is 1. The van der Waals surface area contributed by atoms with Gasteiger partial charge in [0.05, 0.1) is 11.4 Å². The molecule has 19 heavy (non-hydrogen) atoms. The Morgan fingerprint density at radius 2 is 2.37 bits per heavy atom. The summed E-state index contributed by atoms with van der Waals surface area (Å²) < 4.78 is 18.9. The largest absolute Gasteiger partial charge is 0.376 e. The zero-order valence-corrected chi connectivity index (χ0v) is 11.7. The van der Waals surface area contributed by atoms with Crippen LogP contribution in [0.5, 0.6) is 0 Å². The van der Waals surface area contributed by atoms with Gasteiger partial charge in [0.25, 0.3) is 0 Å². The van der Waals surface area contributed by atoms with E-state index < -0.39 is 0 Å². The molecule has 1 N–H and O–H groups in total. The van der Waals surface area contributed by atoms with Crippen molar-refractivity contribution in [3.05, 3.63) is 30.1 Å².